The minimum Gasteiger partial charge on any atom is -0.451 e. The molecule has 0 bridgehead atoms. The predicted molar refractivity (Wildman–Crippen MR) is 102 cm³/mol. The first-order chi connectivity index (χ1) is 12.4. The number of carbonyl (C=O) groups is 2. The van der Waals surface area contributed by atoms with E-state index in [1.165, 1.54) is 11.0 Å². The van der Waals surface area contributed by atoms with Gasteiger partial charge in [0.25, 0.3) is 5.91 Å². The van der Waals surface area contributed by atoms with Crippen LogP contribution in [0.5, 0.6) is 0 Å². The van der Waals surface area contributed by atoms with Gasteiger partial charge in [-0.2, -0.15) is 5.26 Å². The lowest BCUT2D eigenvalue weighted by atomic mass is 10.1. The number of amides is 1. The second kappa shape index (κ2) is 10.5. The molecule has 0 spiro atoms. The minimum atomic E-state index is -0.838. The summed E-state index contributed by atoms with van der Waals surface area (Å²) in [4.78, 5) is 27.5. The molecule has 6 nitrogen and oxygen atoms in total. The molecular weight excluding hydrogens is 330 g/mol. The Hall–Kier alpha value is -3.33. The van der Waals surface area contributed by atoms with Crippen molar-refractivity contribution in [1.82, 2.24) is 4.90 Å². The van der Waals surface area contributed by atoms with E-state index in [2.05, 4.69) is 13.2 Å². The lowest BCUT2D eigenvalue weighted by Gasteiger charge is -2.18. The van der Waals surface area contributed by atoms with Crippen molar-refractivity contribution in [2.24, 2.45) is 0 Å². The van der Waals surface area contributed by atoms with Crippen LogP contribution in [-0.2, 0) is 14.3 Å². The standard InChI is InChI=1S/C20H23N3O3/c1-5-11-23(12-6-2)19(24)15-26-20(25)17(14-21)13-16-7-9-18(10-8-16)22(3)4/h5-10,13H,1-2,11-12,15H2,3-4H3/b17-13+. The van der Waals surface area contributed by atoms with E-state index < -0.39 is 12.6 Å². The molecule has 1 amide bonds. The number of hydrogen-bond donors (Lipinski definition) is 0. The fourth-order valence-corrected chi connectivity index (χ4v) is 2.06. The Morgan fingerprint density at radius 3 is 2.19 bits per heavy atom. The van der Waals surface area contributed by atoms with Gasteiger partial charge in [0.2, 0.25) is 0 Å². The maximum absolute atomic E-state index is 12.1. The number of benzene rings is 1. The summed E-state index contributed by atoms with van der Waals surface area (Å²) in [5.41, 5.74) is 1.52. The third-order valence-corrected chi connectivity index (χ3v) is 3.44. The molecule has 0 atom stereocenters. The van der Waals surface area contributed by atoms with Gasteiger partial charge in [-0.3, -0.25) is 4.79 Å². The van der Waals surface area contributed by atoms with Crippen molar-refractivity contribution >= 4 is 23.6 Å². The molecule has 1 rings (SSSR count). The number of hydrogen-bond acceptors (Lipinski definition) is 5. The highest BCUT2D eigenvalue weighted by atomic mass is 16.5. The lowest BCUT2D eigenvalue weighted by Crippen LogP contribution is -2.35. The van der Waals surface area contributed by atoms with Crippen molar-refractivity contribution in [2.75, 3.05) is 38.7 Å². The SMILES string of the molecule is C=CCN(CC=C)C(=O)COC(=O)/C(C#N)=C/c1ccc(N(C)C)cc1. The van der Waals surface area contributed by atoms with Gasteiger partial charge < -0.3 is 14.5 Å². The van der Waals surface area contributed by atoms with Crippen LogP contribution in [-0.4, -0.2) is 50.6 Å². The molecule has 1 aromatic rings. The van der Waals surface area contributed by atoms with Crippen LogP contribution in [0.25, 0.3) is 6.08 Å². The predicted octanol–water partition coefficient (Wildman–Crippen LogP) is 2.40. The summed E-state index contributed by atoms with van der Waals surface area (Å²) in [5.74, 6) is -1.22. The third kappa shape index (κ3) is 6.29. The van der Waals surface area contributed by atoms with E-state index in [0.717, 1.165) is 5.69 Å². The largest absolute Gasteiger partial charge is 0.451 e. The normalized spacial score (nSPS) is 10.4. The molecule has 1 aromatic carbocycles. The van der Waals surface area contributed by atoms with Crippen LogP contribution in [0.1, 0.15) is 5.56 Å². The maximum atomic E-state index is 12.1. The molecule has 0 saturated carbocycles. The molecule has 0 aliphatic carbocycles. The number of anilines is 1. The molecule has 0 N–H and O–H groups in total. The Balaban J connectivity index is 2.76. The van der Waals surface area contributed by atoms with Crippen molar-refractivity contribution in [2.45, 2.75) is 0 Å². The summed E-state index contributed by atoms with van der Waals surface area (Å²) < 4.78 is 4.97. The lowest BCUT2D eigenvalue weighted by molar-refractivity contribution is -0.148. The Labute approximate surface area is 154 Å². The van der Waals surface area contributed by atoms with E-state index in [0.29, 0.717) is 18.7 Å². The Morgan fingerprint density at radius 1 is 1.15 bits per heavy atom. The second-order valence-electron chi connectivity index (χ2n) is 5.61. The minimum absolute atomic E-state index is 0.172. The average Bonchev–Trinajstić information content (AvgIpc) is 2.64. The molecule has 0 fully saturated rings. The van der Waals surface area contributed by atoms with Crippen LogP contribution in [0.4, 0.5) is 5.69 Å². The number of nitrogens with zero attached hydrogens (tertiary/aromatic N) is 3. The summed E-state index contributed by atoms with van der Waals surface area (Å²) in [7, 11) is 3.84. The number of ether oxygens (including phenoxy) is 1. The molecule has 0 heterocycles. The molecule has 0 aliphatic rings. The van der Waals surface area contributed by atoms with Gasteiger partial charge in [0.1, 0.15) is 11.6 Å². The Bertz CT molecular complexity index is 718. The zero-order valence-electron chi connectivity index (χ0n) is 15.1. The molecule has 26 heavy (non-hydrogen) atoms. The van der Waals surface area contributed by atoms with Crippen molar-refractivity contribution in [3.8, 4) is 6.07 Å². The quantitative estimate of drug-likeness (QED) is 0.295. The number of nitriles is 1. The van der Waals surface area contributed by atoms with Crippen LogP contribution in [0.2, 0.25) is 0 Å². The van der Waals surface area contributed by atoms with E-state index in [1.54, 1.807) is 24.3 Å². The smallest absolute Gasteiger partial charge is 0.349 e. The third-order valence-electron chi connectivity index (χ3n) is 3.44. The van der Waals surface area contributed by atoms with Crippen molar-refractivity contribution in [3.05, 3.63) is 60.7 Å². The van der Waals surface area contributed by atoms with Crippen LogP contribution < -0.4 is 4.90 Å². The molecule has 0 unspecified atom stereocenters. The van der Waals surface area contributed by atoms with Crippen LogP contribution in [0.3, 0.4) is 0 Å². The van der Waals surface area contributed by atoms with Gasteiger partial charge in [-0.15, -0.1) is 13.2 Å². The molecule has 0 aliphatic heterocycles. The zero-order valence-corrected chi connectivity index (χ0v) is 15.1. The topological polar surface area (TPSA) is 73.6 Å². The van der Waals surface area contributed by atoms with Crippen LogP contribution in [0.15, 0.2) is 55.1 Å². The van der Waals surface area contributed by atoms with Gasteiger partial charge in [0.15, 0.2) is 6.61 Å². The molecule has 0 saturated heterocycles. The van der Waals surface area contributed by atoms with Crippen LogP contribution in [0, 0.1) is 11.3 Å². The van der Waals surface area contributed by atoms with Crippen molar-refractivity contribution < 1.29 is 14.3 Å². The van der Waals surface area contributed by atoms with Gasteiger partial charge in [-0.1, -0.05) is 24.3 Å². The van der Waals surface area contributed by atoms with Gasteiger partial charge in [0.05, 0.1) is 0 Å². The first-order valence-electron chi connectivity index (χ1n) is 7.98. The highest BCUT2D eigenvalue weighted by Crippen LogP contribution is 2.15. The van der Waals surface area contributed by atoms with Gasteiger partial charge >= 0.3 is 5.97 Å². The van der Waals surface area contributed by atoms with Crippen molar-refractivity contribution in [3.63, 3.8) is 0 Å². The second-order valence-corrected chi connectivity index (χ2v) is 5.61. The first-order valence-corrected chi connectivity index (χ1v) is 7.98. The molecular formula is C20H23N3O3. The van der Waals surface area contributed by atoms with E-state index in [-0.39, 0.29) is 11.5 Å². The van der Waals surface area contributed by atoms with Gasteiger partial charge in [-0.05, 0) is 23.8 Å². The maximum Gasteiger partial charge on any atom is 0.349 e. The number of rotatable bonds is 9. The summed E-state index contributed by atoms with van der Waals surface area (Å²) >= 11 is 0. The summed E-state index contributed by atoms with van der Waals surface area (Å²) in [6, 6.07) is 9.14. The average molecular weight is 353 g/mol. The van der Waals surface area contributed by atoms with E-state index in [1.807, 2.05) is 37.2 Å². The molecule has 6 heteroatoms. The zero-order chi connectivity index (χ0) is 19.5. The molecule has 0 aromatic heterocycles. The molecule has 136 valence electrons. The van der Waals surface area contributed by atoms with Crippen molar-refractivity contribution in [1.29, 1.82) is 5.26 Å². The summed E-state index contributed by atoms with van der Waals surface area (Å²) in [5, 5.41) is 9.19. The highest BCUT2D eigenvalue weighted by Gasteiger charge is 2.16. The fraction of sp³-hybridized carbons (Fsp3) is 0.250. The highest BCUT2D eigenvalue weighted by molar-refractivity contribution is 5.98. The van der Waals surface area contributed by atoms with Crippen LogP contribution >= 0.6 is 0 Å². The fourth-order valence-electron chi connectivity index (χ4n) is 2.06. The van der Waals surface area contributed by atoms with E-state index in [9.17, 15) is 14.9 Å². The van der Waals surface area contributed by atoms with Gasteiger partial charge in [0, 0.05) is 32.9 Å². The first kappa shape index (κ1) is 20.7. The summed E-state index contributed by atoms with van der Waals surface area (Å²) in [6.07, 6.45) is 4.57. The number of carbonyl (C=O) groups excluding carboxylic acids is 2. The number of esters is 1. The monoisotopic (exact) mass is 353 g/mol. The Kier molecular flexibility index (Phi) is 8.38. The van der Waals surface area contributed by atoms with E-state index in [4.69, 9.17) is 4.74 Å². The van der Waals surface area contributed by atoms with Gasteiger partial charge in [-0.25, -0.2) is 4.79 Å². The summed E-state index contributed by atoms with van der Waals surface area (Å²) in [6.45, 7) is 7.35. The Morgan fingerprint density at radius 2 is 1.73 bits per heavy atom. The molecule has 0 radical (unpaired) electrons. The van der Waals surface area contributed by atoms with E-state index >= 15 is 0 Å².